The monoisotopic (exact) mass is 292 g/mol. The van der Waals surface area contributed by atoms with Gasteiger partial charge in [-0.05, 0) is 61.8 Å². The van der Waals surface area contributed by atoms with Gasteiger partial charge in [0, 0.05) is 5.38 Å². The summed E-state index contributed by atoms with van der Waals surface area (Å²) < 4.78 is 0. The van der Waals surface area contributed by atoms with Gasteiger partial charge in [-0.15, -0.1) is 11.6 Å². The van der Waals surface area contributed by atoms with Crippen LogP contribution >= 0.6 is 11.6 Å². The van der Waals surface area contributed by atoms with Crippen molar-refractivity contribution in [2.24, 2.45) is 17.3 Å². The average Bonchev–Trinajstić information content (AvgIpc) is 2.38. The van der Waals surface area contributed by atoms with E-state index in [9.17, 15) is 0 Å². The van der Waals surface area contributed by atoms with Crippen molar-refractivity contribution in [3.63, 3.8) is 0 Å². The van der Waals surface area contributed by atoms with Gasteiger partial charge >= 0.3 is 0 Å². The van der Waals surface area contributed by atoms with Gasteiger partial charge in [0.1, 0.15) is 0 Å². The van der Waals surface area contributed by atoms with E-state index >= 15 is 0 Å². The van der Waals surface area contributed by atoms with Crippen LogP contribution in [0.15, 0.2) is 24.3 Å². The Labute approximate surface area is 129 Å². The van der Waals surface area contributed by atoms with Crippen LogP contribution in [0.3, 0.4) is 0 Å². The first-order valence-electron chi connectivity index (χ1n) is 8.06. The molecule has 1 atom stereocenters. The number of halogens is 1. The molecule has 1 unspecified atom stereocenters. The SMILES string of the molecule is Cc1cccc(CC(Cl)C2CCC(C(C)(C)C)CC2)c1. The minimum Gasteiger partial charge on any atom is -0.122 e. The van der Waals surface area contributed by atoms with E-state index in [0.717, 1.165) is 12.3 Å². The predicted molar refractivity (Wildman–Crippen MR) is 89.4 cm³/mol. The number of hydrogen-bond acceptors (Lipinski definition) is 0. The van der Waals surface area contributed by atoms with Gasteiger partial charge in [-0.1, -0.05) is 50.6 Å². The number of alkyl halides is 1. The first-order chi connectivity index (χ1) is 9.36. The average molecular weight is 293 g/mol. The minimum atomic E-state index is 0.303. The van der Waals surface area contributed by atoms with Crippen molar-refractivity contribution in [2.45, 2.75) is 65.2 Å². The summed E-state index contributed by atoms with van der Waals surface area (Å²) in [5, 5.41) is 0.303. The van der Waals surface area contributed by atoms with Gasteiger partial charge in [-0.25, -0.2) is 0 Å². The highest BCUT2D eigenvalue weighted by Crippen LogP contribution is 2.41. The van der Waals surface area contributed by atoms with Crippen LogP contribution in [0, 0.1) is 24.2 Å². The highest BCUT2D eigenvalue weighted by molar-refractivity contribution is 6.20. The molecule has 112 valence electrons. The van der Waals surface area contributed by atoms with E-state index in [-0.39, 0.29) is 0 Å². The Morgan fingerprint density at radius 3 is 2.35 bits per heavy atom. The predicted octanol–water partition coefficient (Wildman–Crippen LogP) is 6.00. The first kappa shape index (κ1) is 15.9. The van der Waals surface area contributed by atoms with Crippen LogP contribution in [0.25, 0.3) is 0 Å². The number of benzene rings is 1. The molecule has 0 aliphatic heterocycles. The second-order valence-corrected chi connectivity index (χ2v) is 8.25. The lowest BCUT2D eigenvalue weighted by Crippen LogP contribution is -2.29. The molecule has 0 heterocycles. The quantitative estimate of drug-likeness (QED) is 0.600. The maximum Gasteiger partial charge on any atom is 0.0404 e. The van der Waals surface area contributed by atoms with Gasteiger partial charge in [-0.2, -0.15) is 0 Å². The molecule has 1 aliphatic rings. The van der Waals surface area contributed by atoms with Crippen LogP contribution < -0.4 is 0 Å². The van der Waals surface area contributed by atoms with E-state index in [1.54, 1.807) is 0 Å². The molecule has 2 rings (SSSR count). The second kappa shape index (κ2) is 6.52. The Bertz CT molecular complexity index is 422. The van der Waals surface area contributed by atoms with Crippen molar-refractivity contribution in [2.75, 3.05) is 0 Å². The Kier molecular flexibility index (Phi) is 5.18. The van der Waals surface area contributed by atoms with Crippen molar-refractivity contribution < 1.29 is 0 Å². The standard InChI is InChI=1S/C19H29Cl/c1-14-6-5-7-15(12-14)13-18(20)16-8-10-17(11-9-16)19(2,3)4/h5-7,12,16-18H,8-11,13H2,1-4H3. The third-order valence-corrected chi connectivity index (χ3v) is 5.53. The first-order valence-corrected chi connectivity index (χ1v) is 8.49. The van der Waals surface area contributed by atoms with E-state index in [4.69, 9.17) is 11.6 Å². The molecule has 0 saturated heterocycles. The lowest BCUT2D eigenvalue weighted by atomic mass is 9.69. The number of rotatable bonds is 3. The molecule has 0 nitrogen and oxygen atoms in total. The molecular weight excluding hydrogens is 264 g/mol. The fourth-order valence-corrected chi connectivity index (χ4v) is 4.01. The van der Waals surface area contributed by atoms with Crippen molar-refractivity contribution in [1.29, 1.82) is 0 Å². The van der Waals surface area contributed by atoms with Crippen molar-refractivity contribution in [1.82, 2.24) is 0 Å². The summed E-state index contributed by atoms with van der Waals surface area (Å²) >= 11 is 6.71. The highest BCUT2D eigenvalue weighted by Gasteiger charge is 2.32. The molecule has 0 spiro atoms. The molecule has 1 aromatic carbocycles. The minimum absolute atomic E-state index is 0.303. The molecular formula is C19H29Cl. The fraction of sp³-hybridized carbons (Fsp3) is 0.684. The summed E-state index contributed by atoms with van der Waals surface area (Å²) in [5.41, 5.74) is 3.19. The zero-order valence-electron chi connectivity index (χ0n) is 13.5. The Balaban J connectivity index is 1.87. The molecule has 1 aliphatic carbocycles. The molecule has 1 saturated carbocycles. The summed E-state index contributed by atoms with van der Waals surface area (Å²) in [4.78, 5) is 0. The molecule has 1 fully saturated rings. The maximum atomic E-state index is 6.71. The van der Waals surface area contributed by atoms with Crippen molar-refractivity contribution in [3.8, 4) is 0 Å². The summed E-state index contributed by atoms with van der Waals surface area (Å²) in [5.74, 6) is 1.58. The van der Waals surface area contributed by atoms with E-state index < -0.39 is 0 Å². The second-order valence-electron chi connectivity index (χ2n) is 7.69. The molecule has 1 heteroatoms. The van der Waals surface area contributed by atoms with Crippen LogP contribution in [-0.2, 0) is 6.42 Å². The highest BCUT2D eigenvalue weighted by atomic mass is 35.5. The van der Waals surface area contributed by atoms with Crippen LogP contribution in [0.2, 0.25) is 0 Å². The smallest absolute Gasteiger partial charge is 0.0404 e. The maximum absolute atomic E-state index is 6.71. The van der Waals surface area contributed by atoms with Gasteiger partial charge in [-0.3, -0.25) is 0 Å². The fourth-order valence-electron chi connectivity index (χ4n) is 3.58. The number of aryl methyl sites for hydroxylation is 1. The molecule has 0 N–H and O–H groups in total. The Morgan fingerprint density at radius 2 is 1.80 bits per heavy atom. The summed E-state index contributed by atoms with van der Waals surface area (Å²) in [6.45, 7) is 9.29. The third kappa shape index (κ3) is 4.25. The third-order valence-electron chi connectivity index (χ3n) is 5.02. The topological polar surface area (TPSA) is 0 Å². The van der Waals surface area contributed by atoms with Gasteiger partial charge in [0.25, 0.3) is 0 Å². The van der Waals surface area contributed by atoms with Crippen molar-refractivity contribution in [3.05, 3.63) is 35.4 Å². The zero-order chi connectivity index (χ0) is 14.8. The van der Waals surface area contributed by atoms with E-state index in [2.05, 4.69) is 52.0 Å². The molecule has 0 radical (unpaired) electrons. The largest absolute Gasteiger partial charge is 0.122 e. The molecule has 1 aromatic rings. The van der Waals surface area contributed by atoms with Crippen molar-refractivity contribution >= 4 is 11.6 Å². The Hall–Kier alpha value is -0.490. The van der Waals surface area contributed by atoms with Gasteiger partial charge in [0.15, 0.2) is 0 Å². The van der Waals surface area contributed by atoms with Gasteiger partial charge < -0.3 is 0 Å². The summed E-state index contributed by atoms with van der Waals surface area (Å²) in [7, 11) is 0. The molecule has 0 aromatic heterocycles. The molecule has 0 amide bonds. The van der Waals surface area contributed by atoms with Crippen LogP contribution in [0.4, 0.5) is 0 Å². The lowest BCUT2D eigenvalue weighted by Gasteiger charge is -2.38. The summed E-state index contributed by atoms with van der Waals surface area (Å²) in [6.07, 6.45) is 6.34. The Morgan fingerprint density at radius 1 is 1.15 bits per heavy atom. The van der Waals surface area contributed by atoms with Crippen LogP contribution in [0.1, 0.15) is 57.6 Å². The normalized spacial score (nSPS) is 25.4. The lowest BCUT2D eigenvalue weighted by molar-refractivity contribution is 0.148. The van der Waals surface area contributed by atoms with Crippen LogP contribution in [-0.4, -0.2) is 5.38 Å². The zero-order valence-corrected chi connectivity index (χ0v) is 14.2. The number of hydrogen-bond donors (Lipinski definition) is 0. The molecule has 0 bridgehead atoms. The van der Waals surface area contributed by atoms with E-state index in [1.807, 2.05) is 0 Å². The van der Waals surface area contributed by atoms with Gasteiger partial charge in [0.2, 0.25) is 0 Å². The van der Waals surface area contributed by atoms with Gasteiger partial charge in [0.05, 0.1) is 0 Å². The van der Waals surface area contributed by atoms with Crippen LogP contribution in [0.5, 0.6) is 0 Å². The van der Waals surface area contributed by atoms with E-state index in [1.165, 1.54) is 36.8 Å². The summed E-state index contributed by atoms with van der Waals surface area (Å²) in [6, 6.07) is 8.78. The molecule has 20 heavy (non-hydrogen) atoms. The van der Waals surface area contributed by atoms with E-state index in [0.29, 0.717) is 16.7 Å².